The van der Waals surface area contributed by atoms with E-state index in [9.17, 15) is 4.79 Å². The number of fused-ring (bicyclic) bond motifs is 3. The molecule has 1 aromatic carbocycles. The Bertz CT molecular complexity index is 1240. The summed E-state index contributed by atoms with van der Waals surface area (Å²) in [6.07, 6.45) is 4.27. The van der Waals surface area contributed by atoms with Crippen LogP contribution in [0.4, 0.5) is 5.69 Å². The number of aryl methyl sites for hydroxylation is 2. The van der Waals surface area contributed by atoms with Crippen LogP contribution in [0.5, 0.6) is 0 Å². The summed E-state index contributed by atoms with van der Waals surface area (Å²) in [6.45, 7) is 0. The number of benzene rings is 1. The van der Waals surface area contributed by atoms with E-state index in [1.807, 2.05) is 47.8 Å². The highest BCUT2D eigenvalue weighted by Crippen LogP contribution is 2.35. The third-order valence-corrected chi connectivity index (χ3v) is 7.22. The number of aromatic nitrogens is 2. The lowest BCUT2D eigenvalue weighted by Gasteiger charge is -2.16. The summed E-state index contributed by atoms with van der Waals surface area (Å²) in [5.41, 5.74) is 5.02. The number of thiophene rings is 2. The standard InChI is InChI=1S/C21H18N4OS3/c26-20-17-14-9-4-5-10-15(14)29-19(17)23-18(16-11-6-12-28-16)25(20)24-21(27)22-13-7-2-1-3-8-13/h1-3,6-8,11-12H,4-5,9-10H2,(H2,22,24,27). The number of thiocarbonyl (C=S) groups is 1. The van der Waals surface area contributed by atoms with Crippen molar-refractivity contribution in [3.63, 3.8) is 0 Å². The minimum absolute atomic E-state index is 0.0880. The Morgan fingerprint density at radius 2 is 1.93 bits per heavy atom. The molecule has 1 aliphatic rings. The van der Waals surface area contributed by atoms with Crippen LogP contribution < -0.4 is 16.3 Å². The van der Waals surface area contributed by atoms with Gasteiger partial charge in [0.25, 0.3) is 5.56 Å². The van der Waals surface area contributed by atoms with Crippen molar-refractivity contribution in [3.05, 3.63) is 68.6 Å². The van der Waals surface area contributed by atoms with Gasteiger partial charge >= 0.3 is 0 Å². The van der Waals surface area contributed by atoms with Gasteiger partial charge in [-0.05, 0) is 67.0 Å². The van der Waals surface area contributed by atoms with Crippen LogP contribution in [-0.4, -0.2) is 14.8 Å². The van der Waals surface area contributed by atoms with Gasteiger partial charge in [0.15, 0.2) is 10.9 Å². The van der Waals surface area contributed by atoms with E-state index in [-0.39, 0.29) is 5.56 Å². The molecule has 0 saturated carbocycles. The molecule has 0 spiro atoms. The van der Waals surface area contributed by atoms with E-state index in [1.54, 1.807) is 22.7 Å². The fourth-order valence-corrected chi connectivity index (χ4v) is 5.83. The summed E-state index contributed by atoms with van der Waals surface area (Å²) < 4.78 is 1.49. The molecule has 5 rings (SSSR count). The van der Waals surface area contributed by atoms with Crippen LogP contribution >= 0.6 is 34.9 Å². The lowest BCUT2D eigenvalue weighted by molar-refractivity contribution is 0.699. The molecular formula is C21H18N4OS3. The van der Waals surface area contributed by atoms with E-state index in [1.165, 1.54) is 21.5 Å². The Labute approximate surface area is 181 Å². The molecule has 5 nitrogen and oxygen atoms in total. The quantitative estimate of drug-likeness (QED) is 0.441. The highest BCUT2D eigenvalue weighted by Gasteiger charge is 2.23. The largest absolute Gasteiger partial charge is 0.331 e. The third kappa shape index (κ3) is 3.48. The minimum atomic E-state index is -0.0880. The number of nitrogens with zero attached hydrogens (tertiary/aromatic N) is 2. The normalized spacial score (nSPS) is 13.2. The number of hydrogen-bond donors (Lipinski definition) is 2. The summed E-state index contributed by atoms with van der Waals surface area (Å²) in [6, 6.07) is 13.6. The van der Waals surface area contributed by atoms with Gasteiger partial charge in [0.2, 0.25) is 0 Å². The van der Waals surface area contributed by atoms with E-state index in [4.69, 9.17) is 17.2 Å². The van der Waals surface area contributed by atoms with E-state index < -0.39 is 0 Å². The zero-order valence-electron chi connectivity index (χ0n) is 15.5. The van der Waals surface area contributed by atoms with Crippen LogP contribution in [0, 0.1) is 0 Å². The van der Waals surface area contributed by atoms with Crippen LogP contribution in [0.25, 0.3) is 20.9 Å². The summed E-state index contributed by atoms with van der Waals surface area (Å²) in [7, 11) is 0. The smallest absolute Gasteiger partial charge is 0.281 e. The summed E-state index contributed by atoms with van der Waals surface area (Å²) in [5.74, 6) is 0.591. The van der Waals surface area contributed by atoms with Crippen LogP contribution in [0.15, 0.2) is 52.6 Å². The fraction of sp³-hybridized carbons (Fsp3) is 0.190. The molecule has 4 aromatic rings. The van der Waals surface area contributed by atoms with E-state index in [2.05, 4.69) is 10.7 Å². The van der Waals surface area contributed by atoms with Gasteiger partial charge in [-0.25, -0.2) is 4.98 Å². The Hall–Kier alpha value is -2.55. The molecular weight excluding hydrogens is 420 g/mol. The lowest BCUT2D eigenvalue weighted by atomic mass is 9.97. The van der Waals surface area contributed by atoms with E-state index in [0.717, 1.165) is 40.0 Å². The first-order chi connectivity index (χ1) is 14.2. The lowest BCUT2D eigenvalue weighted by Crippen LogP contribution is -2.37. The Kier molecular flexibility index (Phi) is 4.91. The van der Waals surface area contributed by atoms with Gasteiger partial charge in [-0.15, -0.1) is 22.7 Å². The Morgan fingerprint density at radius 1 is 1.10 bits per heavy atom. The molecule has 2 N–H and O–H groups in total. The van der Waals surface area contributed by atoms with E-state index >= 15 is 0 Å². The maximum absolute atomic E-state index is 13.5. The van der Waals surface area contributed by atoms with Crippen molar-refractivity contribution in [2.24, 2.45) is 0 Å². The molecule has 0 radical (unpaired) electrons. The summed E-state index contributed by atoms with van der Waals surface area (Å²) in [5, 5.41) is 6.20. The number of nitrogens with one attached hydrogen (secondary N) is 2. The number of rotatable bonds is 3. The molecule has 29 heavy (non-hydrogen) atoms. The second-order valence-electron chi connectivity index (χ2n) is 6.88. The first-order valence-corrected chi connectivity index (χ1v) is 11.6. The molecule has 3 aromatic heterocycles. The molecule has 8 heteroatoms. The van der Waals surface area contributed by atoms with Crippen molar-refractivity contribution in [3.8, 4) is 10.7 Å². The topological polar surface area (TPSA) is 59.0 Å². The van der Waals surface area contributed by atoms with Crippen LogP contribution in [0.3, 0.4) is 0 Å². The van der Waals surface area contributed by atoms with Crippen molar-refractivity contribution in [2.75, 3.05) is 10.7 Å². The third-order valence-electron chi connectivity index (χ3n) is 4.98. The van der Waals surface area contributed by atoms with Gasteiger partial charge in [0, 0.05) is 10.6 Å². The second-order valence-corrected chi connectivity index (χ2v) is 9.32. The SMILES string of the molecule is O=c1c2c3c(sc2nc(-c2cccs2)n1NC(=S)Nc1ccccc1)CCCC3. The second kappa shape index (κ2) is 7.70. The zero-order chi connectivity index (χ0) is 19.8. The average molecular weight is 439 g/mol. The Balaban J connectivity index is 1.62. The molecule has 0 aliphatic heterocycles. The van der Waals surface area contributed by atoms with Crippen molar-refractivity contribution >= 4 is 55.9 Å². The maximum Gasteiger partial charge on any atom is 0.281 e. The molecule has 0 atom stereocenters. The maximum atomic E-state index is 13.5. The van der Waals surface area contributed by atoms with Crippen molar-refractivity contribution in [1.29, 1.82) is 0 Å². The predicted octanol–water partition coefficient (Wildman–Crippen LogP) is 5.01. The summed E-state index contributed by atoms with van der Waals surface area (Å²) >= 11 is 8.70. The first-order valence-electron chi connectivity index (χ1n) is 9.45. The highest BCUT2D eigenvalue weighted by molar-refractivity contribution is 7.80. The van der Waals surface area contributed by atoms with Crippen LogP contribution in [0.1, 0.15) is 23.3 Å². The molecule has 146 valence electrons. The van der Waals surface area contributed by atoms with Crippen molar-refractivity contribution in [2.45, 2.75) is 25.7 Å². The molecule has 3 heterocycles. The first kappa shape index (κ1) is 18.5. The highest BCUT2D eigenvalue weighted by atomic mass is 32.1. The van der Waals surface area contributed by atoms with Crippen molar-refractivity contribution < 1.29 is 0 Å². The molecule has 0 saturated heterocycles. The predicted molar refractivity (Wildman–Crippen MR) is 126 cm³/mol. The van der Waals surface area contributed by atoms with Gasteiger partial charge < -0.3 is 5.32 Å². The minimum Gasteiger partial charge on any atom is -0.331 e. The molecule has 1 aliphatic carbocycles. The average Bonchev–Trinajstić information content (AvgIpc) is 3.38. The van der Waals surface area contributed by atoms with Gasteiger partial charge in [0.05, 0.1) is 10.3 Å². The van der Waals surface area contributed by atoms with E-state index in [0.29, 0.717) is 10.9 Å². The summed E-state index contributed by atoms with van der Waals surface area (Å²) in [4.78, 5) is 21.5. The molecule has 0 unspecified atom stereocenters. The molecule has 0 fully saturated rings. The van der Waals surface area contributed by atoms with Crippen molar-refractivity contribution in [1.82, 2.24) is 9.66 Å². The van der Waals surface area contributed by atoms with Crippen LogP contribution in [0.2, 0.25) is 0 Å². The van der Waals surface area contributed by atoms with Crippen LogP contribution in [-0.2, 0) is 12.8 Å². The van der Waals surface area contributed by atoms with Gasteiger partial charge in [-0.3, -0.25) is 10.2 Å². The number of anilines is 1. The molecule has 0 amide bonds. The van der Waals surface area contributed by atoms with Gasteiger partial charge in [0.1, 0.15) is 4.83 Å². The molecule has 0 bridgehead atoms. The number of hydrogen-bond acceptors (Lipinski definition) is 5. The van der Waals surface area contributed by atoms with Gasteiger partial charge in [-0.1, -0.05) is 24.3 Å². The fourth-order valence-electron chi connectivity index (χ4n) is 3.66. The Morgan fingerprint density at radius 3 is 2.72 bits per heavy atom. The van der Waals surface area contributed by atoms with Gasteiger partial charge in [-0.2, -0.15) is 4.68 Å². The zero-order valence-corrected chi connectivity index (χ0v) is 17.9. The number of para-hydroxylation sites is 1. The monoisotopic (exact) mass is 438 g/mol.